The Kier molecular flexibility index (Phi) is 2.98. The van der Waals surface area contributed by atoms with Crippen LogP contribution in [0.25, 0.3) is 0 Å². The van der Waals surface area contributed by atoms with Crippen LogP contribution in [0.4, 0.5) is 0 Å². The van der Waals surface area contributed by atoms with Gasteiger partial charge in [-0.25, -0.2) is 10.0 Å². The molecule has 4 rings (SSSR count). The molecule has 24 heavy (non-hydrogen) atoms. The Labute approximate surface area is 140 Å². The van der Waals surface area contributed by atoms with E-state index in [-0.39, 0.29) is 18.1 Å². The van der Waals surface area contributed by atoms with E-state index in [1.165, 1.54) is 5.01 Å². The van der Waals surface area contributed by atoms with Crippen molar-refractivity contribution in [3.05, 3.63) is 71.3 Å². The fourth-order valence-corrected chi connectivity index (χ4v) is 4.25. The lowest BCUT2D eigenvalue weighted by atomic mass is 9.71. The molecular formula is C19H18N2O3. The number of benzene rings is 2. The third-order valence-corrected chi connectivity index (χ3v) is 5.16. The highest BCUT2D eigenvalue weighted by Gasteiger charge is 2.73. The van der Waals surface area contributed by atoms with Gasteiger partial charge in [-0.2, -0.15) is 0 Å². The number of fused-ring (bicyclic) bond motifs is 3. The molecule has 0 aromatic heterocycles. The molecular weight excluding hydrogens is 304 g/mol. The molecule has 5 heteroatoms. The highest BCUT2D eigenvalue weighted by Crippen LogP contribution is 2.59. The number of aliphatic hydroxyl groups is 1. The van der Waals surface area contributed by atoms with Crippen molar-refractivity contribution in [1.29, 1.82) is 0 Å². The minimum atomic E-state index is -1.72. The molecule has 0 spiro atoms. The predicted octanol–water partition coefficient (Wildman–Crippen LogP) is 1.67. The highest BCUT2D eigenvalue weighted by molar-refractivity contribution is 6.14. The summed E-state index contributed by atoms with van der Waals surface area (Å²) in [6.07, 6.45) is -0.0563. The van der Waals surface area contributed by atoms with Crippen LogP contribution in [0.15, 0.2) is 54.6 Å². The predicted molar refractivity (Wildman–Crippen MR) is 87.9 cm³/mol. The number of ketones is 1. The Hall–Kier alpha value is -2.50. The van der Waals surface area contributed by atoms with Crippen molar-refractivity contribution in [1.82, 2.24) is 10.0 Å². The number of hydrogen-bond acceptors (Lipinski definition) is 4. The zero-order valence-corrected chi connectivity index (χ0v) is 13.6. The van der Waals surface area contributed by atoms with Crippen LogP contribution in [0.2, 0.25) is 0 Å². The van der Waals surface area contributed by atoms with Crippen molar-refractivity contribution >= 4 is 11.7 Å². The lowest BCUT2D eigenvalue weighted by molar-refractivity contribution is -0.200. The molecule has 1 heterocycles. The van der Waals surface area contributed by atoms with Gasteiger partial charge in [0.2, 0.25) is 5.91 Å². The van der Waals surface area contributed by atoms with Gasteiger partial charge in [-0.1, -0.05) is 54.6 Å². The minimum absolute atomic E-state index is 0.0563. The maximum Gasteiger partial charge on any atom is 0.241 e. The maximum atomic E-state index is 13.4. The Morgan fingerprint density at radius 1 is 1.00 bits per heavy atom. The molecule has 1 aliphatic carbocycles. The van der Waals surface area contributed by atoms with Crippen molar-refractivity contribution in [3.8, 4) is 0 Å². The van der Waals surface area contributed by atoms with E-state index in [0.717, 1.165) is 0 Å². The van der Waals surface area contributed by atoms with Crippen LogP contribution >= 0.6 is 0 Å². The number of rotatable bonds is 2. The van der Waals surface area contributed by atoms with Gasteiger partial charge in [-0.15, -0.1) is 0 Å². The van der Waals surface area contributed by atoms with Gasteiger partial charge in [0.05, 0.1) is 6.42 Å². The van der Waals surface area contributed by atoms with Gasteiger partial charge in [0, 0.05) is 25.2 Å². The molecule has 1 amide bonds. The van der Waals surface area contributed by atoms with Crippen LogP contribution in [0.1, 0.15) is 27.9 Å². The van der Waals surface area contributed by atoms with Gasteiger partial charge in [-0.3, -0.25) is 9.59 Å². The summed E-state index contributed by atoms with van der Waals surface area (Å²) < 4.78 is 0. The number of hydrazine groups is 1. The summed E-state index contributed by atoms with van der Waals surface area (Å²) in [5.41, 5.74) is -1.42. The first-order valence-electron chi connectivity index (χ1n) is 7.87. The average molecular weight is 322 g/mol. The first kappa shape index (κ1) is 15.1. The molecule has 2 aromatic rings. The fourth-order valence-electron chi connectivity index (χ4n) is 4.25. The largest absolute Gasteiger partial charge is 0.365 e. The summed E-state index contributed by atoms with van der Waals surface area (Å²) in [6.45, 7) is 0. The smallest absolute Gasteiger partial charge is 0.241 e. The molecule has 2 aromatic carbocycles. The van der Waals surface area contributed by atoms with E-state index < -0.39 is 11.1 Å². The molecule has 1 saturated heterocycles. The number of carbonyl (C=O) groups is 2. The molecule has 1 aliphatic heterocycles. The van der Waals surface area contributed by atoms with Crippen LogP contribution in [-0.2, 0) is 15.9 Å². The monoisotopic (exact) mass is 322 g/mol. The second kappa shape index (κ2) is 4.75. The van der Waals surface area contributed by atoms with E-state index in [2.05, 4.69) is 0 Å². The lowest BCUT2D eigenvalue weighted by Gasteiger charge is -2.42. The molecule has 5 nitrogen and oxygen atoms in total. The summed E-state index contributed by atoms with van der Waals surface area (Å²) in [4.78, 5) is 26.1. The van der Waals surface area contributed by atoms with E-state index in [1.54, 1.807) is 55.5 Å². The summed E-state index contributed by atoms with van der Waals surface area (Å²) in [7, 11) is 3.39. The quantitative estimate of drug-likeness (QED) is 0.914. The maximum absolute atomic E-state index is 13.4. The first-order chi connectivity index (χ1) is 11.4. The second-order valence-electron chi connectivity index (χ2n) is 6.55. The summed E-state index contributed by atoms with van der Waals surface area (Å²) in [5, 5.41) is 14.7. The Bertz CT molecular complexity index is 849. The normalized spacial score (nSPS) is 28.4. The number of amides is 1. The molecule has 1 N–H and O–H groups in total. The van der Waals surface area contributed by atoms with Gasteiger partial charge in [0.1, 0.15) is 5.41 Å². The van der Waals surface area contributed by atoms with Crippen molar-refractivity contribution in [2.45, 2.75) is 17.6 Å². The average Bonchev–Trinajstić information content (AvgIpc) is 2.93. The van der Waals surface area contributed by atoms with Crippen molar-refractivity contribution in [3.63, 3.8) is 0 Å². The molecule has 2 atom stereocenters. The van der Waals surface area contributed by atoms with Crippen molar-refractivity contribution in [2.75, 3.05) is 14.1 Å². The first-order valence-corrected chi connectivity index (χ1v) is 7.87. The Balaban J connectivity index is 2.09. The summed E-state index contributed by atoms with van der Waals surface area (Å²) in [5.74, 6) is -0.473. The number of nitrogens with zero attached hydrogens (tertiary/aromatic N) is 2. The SMILES string of the molecule is CN(C)N1C(=O)C[C@]2(c3ccccc3)C(=O)c3ccccc3[C@]12O. The molecule has 2 aliphatic rings. The van der Waals surface area contributed by atoms with Gasteiger partial charge in [0.25, 0.3) is 0 Å². The summed E-state index contributed by atoms with van der Waals surface area (Å²) >= 11 is 0. The molecule has 0 unspecified atom stereocenters. The van der Waals surface area contributed by atoms with Crippen molar-refractivity contribution in [2.24, 2.45) is 0 Å². The third-order valence-electron chi connectivity index (χ3n) is 5.16. The van der Waals surface area contributed by atoms with E-state index in [9.17, 15) is 14.7 Å². The van der Waals surface area contributed by atoms with Gasteiger partial charge in [-0.05, 0) is 5.56 Å². The number of Topliss-reactive ketones (excluding diaryl/α,β-unsaturated/α-hetero) is 1. The Morgan fingerprint density at radius 3 is 2.29 bits per heavy atom. The minimum Gasteiger partial charge on any atom is -0.365 e. The summed E-state index contributed by atoms with van der Waals surface area (Å²) in [6, 6.07) is 16.1. The zero-order valence-electron chi connectivity index (χ0n) is 13.6. The lowest BCUT2D eigenvalue weighted by Crippen LogP contribution is -2.57. The van der Waals surface area contributed by atoms with Gasteiger partial charge >= 0.3 is 0 Å². The van der Waals surface area contributed by atoms with Crippen LogP contribution in [0.5, 0.6) is 0 Å². The van der Waals surface area contributed by atoms with Crippen LogP contribution in [0, 0.1) is 0 Å². The molecule has 1 fully saturated rings. The topological polar surface area (TPSA) is 60.9 Å². The fraction of sp³-hybridized carbons (Fsp3) is 0.263. The Morgan fingerprint density at radius 2 is 1.62 bits per heavy atom. The van der Waals surface area contributed by atoms with Crippen LogP contribution in [-0.4, -0.2) is 40.9 Å². The number of carbonyl (C=O) groups excluding carboxylic acids is 2. The van der Waals surface area contributed by atoms with E-state index in [0.29, 0.717) is 16.7 Å². The van der Waals surface area contributed by atoms with E-state index in [4.69, 9.17) is 0 Å². The highest BCUT2D eigenvalue weighted by atomic mass is 16.3. The molecule has 122 valence electrons. The second-order valence-corrected chi connectivity index (χ2v) is 6.55. The van der Waals surface area contributed by atoms with E-state index in [1.807, 2.05) is 18.2 Å². The molecule has 0 radical (unpaired) electrons. The van der Waals surface area contributed by atoms with Gasteiger partial charge < -0.3 is 5.11 Å². The van der Waals surface area contributed by atoms with Crippen molar-refractivity contribution < 1.29 is 14.7 Å². The molecule has 0 saturated carbocycles. The van der Waals surface area contributed by atoms with Crippen LogP contribution < -0.4 is 0 Å². The zero-order chi connectivity index (χ0) is 17.1. The molecule has 0 bridgehead atoms. The standard InChI is InChI=1S/C19H18N2O3/c1-20(2)21-16(22)12-18(13-8-4-3-5-9-13)17(23)14-10-6-7-11-15(14)19(18,21)24/h3-11,24H,12H2,1-2H3/t18-,19+/m0/s1. The third kappa shape index (κ3) is 1.51. The number of hydrogen-bond donors (Lipinski definition) is 1. The van der Waals surface area contributed by atoms with Crippen LogP contribution in [0.3, 0.4) is 0 Å². The van der Waals surface area contributed by atoms with Gasteiger partial charge in [0.15, 0.2) is 11.5 Å². The van der Waals surface area contributed by atoms with E-state index >= 15 is 0 Å².